The topological polar surface area (TPSA) is 66.7 Å². The molecule has 6 heteroatoms. The van der Waals surface area contributed by atoms with Gasteiger partial charge in [-0.3, -0.25) is 0 Å². The minimum atomic E-state index is 0.0936. The molecule has 0 aliphatic rings. The van der Waals surface area contributed by atoms with Crippen molar-refractivity contribution in [3.05, 3.63) is 35.0 Å². The molecule has 5 nitrogen and oxygen atoms in total. The average molecular weight is 321 g/mol. The number of aliphatic hydroxyl groups is 1. The number of H-pyrrole nitrogens is 1. The number of halogens is 1. The van der Waals surface area contributed by atoms with E-state index in [1.54, 1.807) is 6.33 Å². The molecule has 0 aliphatic heterocycles. The number of nitrogens with one attached hydrogen (secondary N) is 1. The van der Waals surface area contributed by atoms with Gasteiger partial charge >= 0.3 is 0 Å². The van der Waals surface area contributed by atoms with Gasteiger partial charge in [-0.15, -0.1) is 0 Å². The minimum absolute atomic E-state index is 0.0936. The maximum atomic E-state index is 9.05. The number of benzene rings is 1. The highest BCUT2D eigenvalue weighted by Gasteiger charge is 2.14. The first-order valence-corrected chi connectivity index (χ1v) is 6.75. The quantitative estimate of drug-likeness (QED) is 0.778. The van der Waals surface area contributed by atoms with Crippen LogP contribution < -0.4 is 0 Å². The maximum absolute atomic E-state index is 9.05. The molecule has 19 heavy (non-hydrogen) atoms. The third-order valence-corrected chi connectivity index (χ3v) is 3.73. The van der Waals surface area contributed by atoms with Crippen molar-refractivity contribution in [2.45, 2.75) is 6.42 Å². The molecule has 0 unspecified atom stereocenters. The van der Waals surface area contributed by atoms with Gasteiger partial charge in [-0.05, 0) is 28.1 Å². The van der Waals surface area contributed by atoms with E-state index in [0.29, 0.717) is 6.42 Å². The molecule has 0 spiro atoms. The summed E-state index contributed by atoms with van der Waals surface area (Å²) in [6.07, 6.45) is 2.23. The van der Waals surface area contributed by atoms with Gasteiger partial charge in [0.25, 0.3) is 0 Å². The zero-order valence-electron chi connectivity index (χ0n) is 10.4. The van der Waals surface area contributed by atoms with Crippen molar-refractivity contribution in [1.82, 2.24) is 19.5 Å². The van der Waals surface area contributed by atoms with Crippen LogP contribution in [0.5, 0.6) is 0 Å². The lowest BCUT2D eigenvalue weighted by molar-refractivity contribution is 0.295. The lowest BCUT2D eigenvalue weighted by Gasteiger charge is -2.06. The zero-order valence-corrected chi connectivity index (χ0v) is 12.0. The van der Waals surface area contributed by atoms with Crippen LogP contribution in [0.2, 0.25) is 0 Å². The minimum Gasteiger partial charge on any atom is -0.396 e. The Labute approximate surface area is 118 Å². The molecule has 98 valence electrons. The van der Waals surface area contributed by atoms with E-state index in [1.165, 1.54) is 0 Å². The van der Waals surface area contributed by atoms with Gasteiger partial charge in [0.2, 0.25) is 0 Å². The Morgan fingerprint density at radius 1 is 1.42 bits per heavy atom. The Hall–Kier alpha value is -1.66. The van der Waals surface area contributed by atoms with E-state index in [-0.39, 0.29) is 6.61 Å². The third kappa shape index (κ3) is 2.06. The second kappa shape index (κ2) is 4.79. The molecule has 2 heterocycles. The SMILES string of the molecule is Cn1c(CCO)nc(Br)c1-c1ccc2nc[nH]c2c1. The fourth-order valence-electron chi connectivity index (χ4n) is 2.23. The summed E-state index contributed by atoms with van der Waals surface area (Å²) >= 11 is 3.49. The lowest BCUT2D eigenvalue weighted by Crippen LogP contribution is -2.02. The first-order chi connectivity index (χ1) is 9.20. The van der Waals surface area contributed by atoms with Gasteiger partial charge in [-0.2, -0.15) is 0 Å². The van der Waals surface area contributed by atoms with Crippen LogP contribution >= 0.6 is 15.9 Å². The van der Waals surface area contributed by atoms with Crippen molar-refractivity contribution in [2.24, 2.45) is 7.05 Å². The van der Waals surface area contributed by atoms with Gasteiger partial charge in [0.1, 0.15) is 10.4 Å². The number of imidazole rings is 2. The standard InChI is InChI=1S/C13H13BrN4O/c1-18-11(4-5-19)17-13(14)12(18)8-2-3-9-10(6-8)16-7-15-9/h2-3,6-7,19H,4-5H2,1H3,(H,15,16). The maximum Gasteiger partial charge on any atom is 0.132 e. The van der Waals surface area contributed by atoms with Crippen LogP contribution in [0.1, 0.15) is 5.82 Å². The molecule has 0 amide bonds. The van der Waals surface area contributed by atoms with Crippen molar-refractivity contribution in [1.29, 1.82) is 0 Å². The Kier molecular flexibility index (Phi) is 3.12. The Morgan fingerprint density at radius 3 is 3.05 bits per heavy atom. The first-order valence-electron chi connectivity index (χ1n) is 5.96. The van der Waals surface area contributed by atoms with Crippen LogP contribution in [0, 0.1) is 0 Å². The van der Waals surface area contributed by atoms with E-state index in [9.17, 15) is 0 Å². The second-order valence-corrected chi connectivity index (χ2v) is 5.09. The number of aromatic nitrogens is 4. The average Bonchev–Trinajstić information content (AvgIpc) is 2.95. The molecule has 1 aromatic carbocycles. The molecule has 3 rings (SSSR count). The monoisotopic (exact) mass is 320 g/mol. The normalized spacial score (nSPS) is 11.3. The Balaban J connectivity index is 2.14. The number of hydrogen-bond acceptors (Lipinski definition) is 3. The molecule has 0 aliphatic carbocycles. The third-order valence-electron chi connectivity index (χ3n) is 3.17. The lowest BCUT2D eigenvalue weighted by atomic mass is 10.1. The zero-order chi connectivity index (χ0) is 13.4. The summed E-state index contributed by atoms with van der Waals surface area (Å²) in [5, 5.41) is 9.05. The van der Waals surface area contributed by atoms with E-state index in [0.717, 1.165) is 32.7 Å². The summed E-state index contributed by atoms with van der Waals surface area (Å²) in [6.45, 7) is 0.0936. The van der Waals surface area contributed by atoms with Gasteiger partial charge in [0.05, 0.1) is 29.7 Å². The summed E-state index contributed by atoms with van der Waals surface area (Å²) in [5.41, 5.74) is 4.00. The van der Waals surface area contributed by atoms with Crippen molar-refractivity contribution < 1.29 is 5.11 Å². The van der Waals surface area contributed by atoms with E-state index in [4.69, 9.17) is 5.11 Å². The van der Waals surface area contributed by atoms with E-state index in [1.807, 2.05) is 29.8 Å². The summed E-state index contributed by atoms with van der Waals surface area (Å²) in [5.74, 6) is 0.856. The molecule has 0 saturated heterocycles. The van der Waals surface area contributed by atoms with Gasteiger partial charge < -0.3 is 14.7 Å². The van der Waals surface area contributed by atoms with E-state index >= 15 is 0 Å². The number of rotatable bonds is 3. The van der Waals surface area contributed by atoms with Crippen molar-refractivity contribution >= 4 is 27.0 Å². The highest BCUT2D eigenvalue weighted by molar-refractivity contribution is 9.10. The fourth-order valence-corrected chi connectivity index (χ4v) is 2.93. The number of nitrogens with zero attached hydrogens (tertiary/aromatic N) is 3. The van der Waals surface area contributed by atoms with Crippen LogP contribution in [-0.4, -0.2) is 31.2 Å². The van der Waals surface area contributed by atoms with E-state index in [2.05, 4.69) is 30.9 Å². The molecular formula is C13H13BrN4O. The number of fused-ring (bicyclic) bond motifs is 1. The smallest absolute Gasteiger partial charge is 0.132 e. The second-order valence-electron chi connectivity index (χ2n) is 4.33. The van der Waals surface area contributed by atoms with E-state index < -0.39 is 0 Å². The summed E-state index contributed by atoms with van der Waals surface area (Å²) in [6, 6.07) is 6.05. The molecule has 0 atom stereocenters. The Bertz CT molecular complexity index is 731. The van der Waals surface area contributed by atoms with Gasteiger partial charge in [-0.25, -0.2) is 9.97 Å². The van der Waals surface area contributed by atoms with Crippen LogP contribution in [0.15, 0.2) is 29.1 Å². The van der Waals surface area contributed by atoms with Crippen molar-refractivity contribution in [3.63, 3.8) is 0 Å². The summed E-state index contributed by atoms with van der Waals surface area (Å²) < 4.78 is 2.79. The summed E-state index contributed by atoms with van der Waals surface area (Å²) in [7, 11) is 1.95. The molecular weight excluding hydrogens is 308 g/mol. The van der Waals surface area contributed by atoms with Crippen molar-refractivity contribution in [2.75, 3.05) is 6.61 Å². The predicted molar refractivity (Wildman–Crippen MR) is 76.8 cm³/mol. The predicted octanol–water partition coefficient (Wildman–Crippen LogP) is 2.26. The van der Waals surface area contributed by atoms with Crippen LogP contribution in [0.25, 0.3) is 22.3 Å². The first kappa shape index (κ1) is 12.4. The highest BCUT2D eigenvalue weighted by atomic mass is 79.9. The highest BCUT2D eigenvalue weighted by Crippen LogP contribution is 2.30. The molecule has 0 bridgehead atoms. The van der Waals surface area contributed by atoms with Gasteiger partial charge in [-0.1, -0.05) is 6.07 Å². The summed E-state index contributed by atoms with van der Waals surface area (Å²) in [4.78, 5) is 11.8. The molecule has 0 saturated carbocycles. The van der Waals surface area contributed by atoms with Gasteiger partial charge in [0, 0.05) is 19.0 Å². The number of aliphatic hydroxyl groups excluding tert-OH is 1. The molecule has 2 N–H and O–H groups in total. The molecule has 0 fully saturated rings. The molecule has 0 radical (unpaired) electrons. The van der Waals surface area contributed by atoms with Crippen LogP contribution in [0.3, 0.4) is 0 Å². The van der Waals surface area contributed by atoms with Crippen molar-refractivity contribution in [3.8, 4) is 11.3 Å². The molecule has 3 aromatic rings. The number of aromatic amines is 1. The van der Waals surface area contributed by atoms with Gasteiger partial charge in [0.15, 0.2) is 0 Å². The largest absolute Gasteiger partial charge is 0.396 e. The molecule has 2 aromatic heterocycles. The number of hydrogen-bond donors (Lipinski definition) is 2. The van der Waals surface area contributed by atoms with Crippen LogP contribution in [0.4, 0.5) is 0 Å². The van der Waals surface area contributed by atoms with Crippen LogP contribution in [-0.2, 0) is 13.5 Å². The fraction of sp³-hybridized carbons (Fsp3) is 0.231. The Morgan fingerprint density at radius 2 is 2.26 bits per heavy atom.